The molecule has 1 N–H and O–H groups in total. The molecule has 2 rings (SSSR count). The average molecular weight is 244 g/mol. The van der Waals surface area contributed by atoms with Crippen LogP contribution in [0.5, 0.6) is 0 Å². The van der Waals surface area contributed by atoms with E-state index in [0.29, 0.717) is 5.69 Å². The van der Waals surface area contributed by atoms with E-state index in [1.165, 1.54) is 6.20 Å². The van der Waals surface area contributed by atoms with E-state index in [1.54, 1.807) is 10.9 Å². The molecule has 17 heavy (non-hydrogen) atoms. The van der Waals surface area contributed by atoms with E-state index in [1.807, 2.05) is 6.07 Å². The van der Waals surface area contributed by atoms with Crippen molar-refractivity contribution in [2.24, 2.45) is 0 Å². The summed E-state index contributed by atoms with van der Waals surface area (Å²) in [6, 6.07) is 1.14. The second kappa shape index (κ2) is 4.37. The van der Waals surface area contributed by atoms with Crippen LogP contribution >= 0.6 is 0 Å². The van der Waals surface area contributed by atoms with Crippen molar-refractivity contribution in [1.82, 2.24) is 14.9 Å². The Hall–Kier alpha value is -1.55. The fourth-order valence-corrected chi connectivity index (χ4v) is 1.63. The lowest BCUT2D eigenvalue weighted by atomic mass is 10.2. The molecule has 0 saturated heterocycles. The van der Waals surface area contributed by atoms with Gasteiger partial charge in [0.05, 0.1) is 30.8 Å². The van der Waals surface area contributed by atoms with Gasteiger partial charge in [0.15, 0.2) is 0 Å². The topological polar surface area (TPSA) is 53.6 Å². The van der Waals surface area contributed by atoms with E-state index >= 15 is 0 Å². The third-order valence-electron chi connectivity index (χ3n) is 2.57. The molecule has 7 heteroatoms. The van der Waals surface area contributed by atoms with E-state index in [-0.39, 0.29) is 6.04 Å². The Kier molecular flexibility index (Phi) is 3.07. The molecule has 0 spiro atoms. The van der Waals surface area contributed by atoms with Crippen molar-refractivity contribution in [2.45, 2.75) is 31.1 Å². The minimum Gasteiger partial charge on any atom is -0.329 e. The molecule has 1 saturated carbocycles. The van der Waals surface area contributed by atoms with Crippen LogP contribution in [0.4, 0.5) is 13.2 Å². The Morgan fingerprint density at radius 3 is 2.82 bits per heavy atom. The second-order valence-corrected chi connectivity index (χ2v) is 4.02. The fraction of sp³-hybridized carbons (Fsp3) is 0.600. The van der Waals surface area contributed by atoms with Gasteiger partial charge < -0.3 is 4.57 Å². The van der Waals surface area contributed by atoms with Crippen LogP contribution in [0.25, 0.3) is 0 Å². The van der Waals surface area contributed by atoms with Crippen LogP contribution in [-0.2, 0) is 0 Å². The lowest BCUT2D eigenvalue weighted by Crippen LogP contribution is -2.32. The van der Waals surface area contributed by atoms with Crippen molar-refractivity contribution < 1.29 is 13.2 Å². The number of nitrogens with zero attached hydrogens (tertiary/aromatic N) is 3. The molecular weight excluding hydrogens is 233 g/mol. The van der Waals surface area contributed by atoms with Crippen molar-refractivity contribution in [3.8, 4) is 6.07 Å². The smallest absolute Gasteiger partial charge is 0.329 e. The molecular formula is C10H11F3N4. The standard InChI is InChI=1S/C10H11F3N4/c11-10(12,13)5-16-8(3-14)9-4-15-6-17(9)7-1-2-7/h4,6-8,16H,1-2,5H2. The molecule has 1 heterocycles. The highest BCUT2D eigenvalue weighted by Gasteiger charge is 2.31. The SMILES string of the molecule is N#CC(NCC(F)(F)F)c1cncn1C1CC1. The Morgan fingerprint density at radius 2 is 2.29 bits per heavy atom. The summed E-state index contributed by atoms with van der Waals surface area (Å²) in [5.41, 5.74) is 0.499. The monoisotopic (exact) mass is 244 g/mol. The van der Waals surface area contributed by atoms with Crippen molar-refractivity contribution in [3.63, 3.8) is 0 Å². The van der Waals surface area contributed by atoms with E-state index in [4.69, 9.17) is 5.26 Å². The van der Waals surface area contributed by atoms with Gasteiger partial charge in [0.1, 0.15) is 6.04 Å². The molecule has 0 aliphatic heterocycles. The van der Waals surface area contributed by atoms with Crippen LogP contribution < -0.4 is 5.32 Å². The summed E-state index contributed by atoms with van der Waals surface area (Å²) in [4.78, 5) is 3.89. The van der Waals surface area contributed by atoms with E-state index < -0.39 is 18.8 Å². The number of nitriles is 1. The van der Waals surface area contributed by atoms with Crippen LogP contribution in [0.15, 0.2) is 12.5 Å². The van der Waals surface area contributed by atoms with Gasteiger partial charge in [-0.05, 0) is 12.8 Å². The number of halogens is 3. The van der Waals surface area contributed by atoms with Crippen LogP contribution in [0.2, 0.25) is 0 Å². The maximum atomic E-state index is 12.1. The highest BCUT2D eigenvalue weighted by molar-refractivity contribution is 5.16. The molecule has 0 bridgehead atoms. The summed E-state index contributed by atoms with van der Waals surface area (Å²) >= 11 is 0. The lowest BCUT2D eigenvalue weighted by molar-refractivity contribution is -0.125. The molecule has 1 aliphatic rings. The molecule has 4 nitrogen and oxygen atoms in total. The first kappa shape index (κ1) is 11.9. The van der Waals surface area contributed by atoms with Crippen LogP contribution in [0.1, 0.15) is 30.6 Å². The zero-order valence-electron chi connectivity index (χ0n) is 8.91. The van der Waals surface area contributed by atoms with Gasteiger partial charge in [-0.15, -0.1) is 0 Å². The summed E-state index contributed by atoms with van der Waals surface area (Å²) < 4.78 is 38.0. The second-order valence-electron chi connectivity index (χ2n) is 4.02. The third-order valence-corrected chi connectivity index (χ3v) is 2.57. The van der Waals surface area contributed by atoms with Gasteiger partial charge in [0.2, 0.25) is 0 Å². The summed E-state index contributed by atoms with van der Waals surface area (Å²) in [7, 11) is 0. The summed E-state index contributed by atoms with van der Waals surface area (Å²) in [5.74, 6) is 0. The van der Waals surface area contributed by atoms with Crippen molar-refractivity contribution in [2.75, 3.05) is 6.54 Å². The third kappa shape index (κ3) is 2.97. The minimum absolute atomic E-state index is 0.288. The molecule has 0 aromatic carbocycles. The fourth-order valence-electron chi connectivity index (χ4n) is 1.63. The molecule has 1 fully saturated rings. The number of hydrogen-bond donors (Lipinski definition) is 1. The minimum atomic E-state index is -4.32. The first-order valence-corrected chi connectivity index (χ1v) is 5.23. The largest absolute Gasteiger partial charge is 0.401 e. The predicted octanol–water partition coefficient (Wildman–Crippen LogP) is 1.93. The highest BCUT2D eigenvalue weighted by Crippen LogP contribution is 2.36. The Labute approximate surface area is 96.1 Å². The zero-order chi connectivity index (χ0) is 12.5. The quantitative estimate of drug-likeness (QED) is 0.880. The van der Waals surface area contributed by atoms with Gasteiger partial charge in [-0.3, -0.25) is 5.32 Å². The highest BCUT2D eigenvalue weighted by atomic mass is 19.4. The molecule has 1 aromatic heterocycles. The van der Waals surface area contributed by atoms with Gasteiger partial charge in [-0.2, -0.15) is 18.4 Å². The van der Waals surface area contributed by atoms with Gasteiger partial charge in [0, 0.05) is 6.04 Å². The van der Waals surface area contributed by atoms with Crippen molar-refractivity contribution >= 4 is 0 Å². The van der Waals surface area contributed by atoms with Gasteiger partial charge in [-0.25, -0.2) is 4.98 Å². The number of hydrogen-bond acceptors (Lipinski definition) is 3. The van der Waals surface area contributed by atoms with Gasteiger partial charge in [-0.1, -0.05) is 0 Å². The molecule has 1 aromatic rings. The molecule has 1 aliphatic carbocycles. The first-order valence-electron chi connectivity index (χ1n) is 5.23. The molecule has 0 radical (unpaired) electrons. The lowest BCUT2D eigenvalue weighted by Gasteiger charge is -2.15. The molecule has 0 amide bonds. The molecule has 1 unspecified atom stereocenters. The first-order chi connectivity index (χ1) is 8.01. The average Bonchev–Trinajstić information content (AvgIpc) is 2.98. The molecule has 92 valence electrons. The summed E-state index contributed by atoms with van der Waals surface area (Å²) in [6.07, 6.45) is 0.656. The normalized spacial score (nSPS) is 17.8. The Morgan fingerprint density at radius 1 is 1.59 bits per heavy atom. The number of aromatic nitrogens is 2. The number of imidazole rings is 1. The van der Waals surface area contributed by atoms with Crippen molar-refractivity contribution in [3.05, 3.63) is 18.2 Å². The summed E-state index contributed by atoms with van der Waals surface area (Å²) in [6.45, 7) is -1.18. The maximum Gasteiger partial charge on any atom is 0.401 e. The predicted molar refractivity (Wildman–Crippen MR) is 52.9 cm³/mol. The van der Waals surface area contributed by atoms with Crippen LogP contribution in [0, 0.1) is 11.3 Å². The van der Waals surface area contributed by atoms with Crippen LogP contribution in [-0.4, -0.2) is 22.3 Å². The number of nitrogens with one attached hydrogen (secondary N) is 1. The number of alkyl halides is 3. The van der Waals surface area contributed by atoms with Crippen LogP contribution in [0.3, 0.4) is 0 Å². The van der Waals surface area contributed by atoms with E-state index in [2.05, 4.69) is 10.3 Å². The molecule has 1 atom stereocenters. The number of rotatable bonds is 4. The Bertz CT molecular complexity index is 427. The maximum absolute atomic E-state index is 12.1. The summed E-state index contributed by atoms with van der Waals surface area (Å²) in [5, 5.41) is 11.1. The van der Waals surface area contributed by atoms with Gasteiger partial charge >= 0.3 is 6.18 Å². The van der Waals surface area contributed by atoms with E-state index in [9.17, 15) is 13.2 Å². The Balaban J connectivity index is 2.07. The zero-order valence-corrected chi connectivity index (χ0v) is 8.91. The van der Waals surface area contributed by atoms with Gasteiger partial charge in [0.25, 0.3) is 0 Å². The van der Waals surface area contributed by atoms with Crippen molar-refractivity contribution in [1.29, 1.82) is 5.26 Å². The van der Waals surface area contributed by atoms with E-state index in [0.717, 1.165) is 12.8 Å².